The Hall–Kier alpha value is -1.23. The summed E-state index contributed by atoms with van der Waals surface area (Å²) in [6, 6.07) is 7.29. The maximum absolute atomic E-state index is 12.6. The van der Waals surface area contributed by atoms with E-state index in [0.717, 1.165) is 5.56 Å². The lowest BCUT2D eigenvalue weighted by Crippen LogP contribution is -2.35. The molecule has 0 aromatic heterocycles. The SMILES string of the molecule is CCCN(CC(F)(F)F)c1ccc(CNC(C)(C)C)cc1. The van der Waals surface area contributed by atoms with Gasteiger partial charge < -0.3 is 10.2 Å². The van der Waals surface area contributed by atoms with Crippen LogP contribution in [0, 0.1) is 0 Å². The van der Waals surface area contributed by atoms with Gasteiger partial charge in [-0.05, 0) is 44.9 Å². The Balaban J connectivity index is 2.73. The third-order valence-electron chi connectivity index (χ3n) is 2.99. The van der Waals surface area contributed by atoms with E-state index in [2.05, 4.69) is 26.1 Å². The van der Waals surface area contributed by atoms with Crippen molar-refractivity contribution in [1.82, 2.24) is 5.32 Å². The Morgan fingerprint density at radius 1 is 1.05 bits per heavy atom. The average Bonchev–Trinajstić information content (AvgIpc) is 2.34. The number of benzene rings is 1. The van der Waals surface area contributed by atoms with Gasteiger partial charge in [-0.1, -0.05) is 19.1 Å². The first-order valence-corrected chi connectivity index (χ1v) is 7.26. The zero-order valence-electron chi connectivity index (χ0n) is 13.2. The smallest absolute Gasteiger partial charge is 0.363 e. The summed E-state index contributed by atoms with van der Waals surface area (Å²) in [5.41, 5.74) is 1.70. The molecule has 0 radical (unpaired) electrons. The van der Waals surface area contributed by atoms with Gasteiger partial charge in [0.25, 0.3) is 0 Å². The van der Waals surface area contributed by atoms with Crippen LogP contribution in [-0.4, -0.2) is 24.8 Å². The molecule has 120 valence electrons. The van der Waals surface area contributed by atoms with Crippen molar-refractivity contribution in [3.8, 4) is 0 Å². The summed E-state index contributed by atoms with van der Waals surface area (Å²) in [4.78, 5) is 1.38. The normalized spacial score (nSPS) is 12.5. The minimum absolute atomic E-state index is 0.0171. The molecule has 0 atom stereocenters. The van der Waals surface area contributed by atoms with Crippen molar-refractivity contribution >= 4 is 5.69 Å². The Bertz CT molecular complexity index is 419. The third kappa shape index (κ3) is 7.37. The lowest BCUT2D eigenvalue weighted by molar-refractivity contribution is -0.119. The lowest BCUT2D eigenvalue weighted by Gasteiger charge is -2.26. The van der Waals surface area contributed by atoms with Crippen molar-refractivity contribution in [3.05, 3.63) is 29.8 Å². The highest BCUT2D eigenvalue weighted by molar-refractivity contribution is 5.47. The third-order valence-corrected chi connectivity index (χ3v) is 2.99. The highest BCUT2D eigenvalue weighted by Crippen LogP contribution is 2.23. The topological polar surface area (TPSA) is 15.3 Å². The zero-order valence-corrected chi connectivity index (χ0v) is 13.2. The van der Waals surface area contributed by atoms with E-state index in [1.807, 2.05) is 19.1 Å². The van der Waals surface area contributed by atoms with E-state index >= 15 is 0 Å². The fourth-order valence-corrected chi connectivity index (χ4v) is 1.98. The van der Waals surface area contributed by atoms with Crippen molar-refractivity contribution in [2.75, 3.05) is 18.0 Å². The highest BCUT2D eigenvalue weighted by atomic mass is 19.4. The van der Waals surface area contributed by atoms with E-state index in [9.17, 15) is 13.2 Å². The van der Waals surface area contributed by atoms with E-state index in [0.29, 0.717) is 25.2 Å². The van der Waals surface area contributed by atoms with Crippen molar-refractivity contribution in [2.45, 2.75) is 52.4 Å². The van der Waals surface area contributed by atoms with Crippen LogP contribution in [0.15, 0.2) is 24.3 Å². The molecule has 2 nitrogen and oxygen atoms in total. The quantitative estimate of drug-likeness (QED) is 0.840. The van der Waals surface area contributed by atoms with Crippen molar-refractivity contribution in [2.24, 2.45) is 0 Å². The number of rotatable bonds is 6. The summed E-state index contributed by atoms with van der Waals surface area (Å²) in [6.45, 7) is 8.32. The van der Waals surface area contributed by atoms with Gasteiger partial charge in [0.1, 0.15) is 6.54 Å². The number of hydrogen-bond donors (Lipinski definition) is 1. The molecule has 21 heavy (non-hydrogen) atoms. The van der Waals surface area contributed by atoms with Crippen LogP contribution >= 0.6 is 0 Å². The van der Waals surface area contributed by atoms with Gasteiger partial charge in [0.05, 0.1) is 0 Å². The van der Waals surface area contributed by atoms with Crippen molar-refractivity contribution < 1.29 is 13.2 Å². The lowest BCUT2D eigenvalue weighted by atomic mass is 10.1. The number of halogens is 3. The van der Waals surface area contributed by atoms with E-state index in [1.54, 1.807) is 12.1 Å². The molecule has 0 unspecified atom stereocenters. The number of nitrogens with one attached hydrogen (secondary N) is 1. The highest BCUT2D eigenvalue weighted by Gasteiger charge is 2.30. The first-order valence-electron chi connectivity index (χ1n) is 7.26. The number of hydrogen-bond acceptors (Lipinski definition) is 2. The Labute approximate surface area is 125 Å². The predicted molar refractivity (Wildman–Crippen MR) is 81.6 cm³/mol. The second-order valence-corrected chi connectivity index (χ2v) is 6.31. The van der Waals surface area contributed by atoms with Crippen LogP contribution in [0.25, 0.3) is 0 Å². The number of nitrogens with zero attached hydrogens (tertiary/aromatic N) is 1. The van der Waals surface area contributed by atoms with Gasteiger partial charge in [0.15, 0.2) is 0 Å². The maximum atomic E-state index is 12.6. The van der Waals surface area contributed by atoms with Gasteiger partial charge in [0, 0.05) is 24.3 Å². The molecule has 1 aromatic carbocycles. The second-order valence-electron chi connectivity index (χ2n) is 6.31. The molecular weight excluding hydrogens is 277 g/mol. The molecular formula is C16H25F3N2. The molecule has 0 fully saturated rings. The van der Waals surface area contributed by atoms with Crippen molar-refractivity contribution in [3.63, 3.8) is 0 Å². The van der Waals surface area contributed by atoms with Crippen molar-refractivity contribution in [1.29, 1.82) is 0 Å². The van der Waals surface area contributed by atoms with E-state index in [4.69, 9.17) is 0 Å². The van der Waals surface area contributed by atoms with Crippen LogP contribution in [-0.2, 0) is 6.54 Å². The monoisotopic (exact) mass is 302 g/mol. The Morgan fingerprint density at radius 2 is 1.62 bits per heavy atom. The van der Waals surface area contributed by atoms with Crippen LogP contribution in [0.3, 0.4) is 0 Å². The first-order chi connectivity index (χ1) is 9.61. The van der Waals surface area contributed by atoms with Crippen LogP contribution < -0.4 is 10.2 Å². The molecule has 0 heterocycles. The zero-order chi connectivity index (χ0) is 16.1. The van der Waals surface area contributed by atoms with Gasteiger partial charge in [-0.15, -0.1) is 0 Å². The molecule has 0 amide bonds. The summed E-state index contributed by atoms with van der Waals surface area (Å²) in [5, 5.41) is 3.36. The minimum atomic E-state index is -4.18. The summed E-state index contributed by atoms with van der Waals surface area (Å²) in [6.07, 6.45) is -3.49. The Morgan fingerprint density at radius 3 is 2.05 bits per heavy atom. The van der Waals surface area contributed by atoms with E-state index < -0.39 is 12.7 Å². The molecule has 0 aliphatic rings. The molecule has 1 N–H and O–H groups in total. The summed E-state index contributed by atoms with van der Waals surface area (Å²) in [7, 11) is 0. The standard InChI is InChI=1S/C16H25F3N2/c1-5-10-21(12-16(17,18)19)14-8-6-13(7-9-14)11-20-15(2,3)4/h6-9,20H,5,10-12H2,1-4H3. The molecule has 0 aliphatic heterocycles. The van der Waals surface area contributed by atoms with Gasteiger partial charge in [-0.3, -0.25) is 0 Å². The number of anilines is 1. The second kappa shape index (κ2) is 7.16. The minimum Gasteiger partial charge on any atom is -0.363 e. The van der Waals surface area contributed by atoms with Gasteiger partial charge in [-0.2, -0.15) is 13.2 Å². The van der Waals surface area contributed by atoms with Crippen LogP contribution in [0.4, 0.5) is 18.9 Å². The van der Waals surface area contributed by atoms with E-state index in [-0.39, 0.29) is 5.54 Å². The fourth-order valence-electron chi connectivity index (χ4n) is 1.98. The van der Waals surface area contributed by atoms with Crippen LogP contribution in [0.2, 0.25) is 0 Å². The molecule has 0 saturated heterocycles. The summed E-state index contributed by atoms with van der Waals surface area (Å²) >= 11 is 0. The largest absolute Gasteiger partial charge is 0.405 e. The molecule has 0 aliphatic carbocycles. The molecule has 1 rings (SSSR count). The van der Waals surface area contributed by atoms with Crippen LogP contribution in [0.5, 0.6) is 0 Å². The summed E-state index contributed by atoms with van der Waals surface area (Å²) in [5.74, 6) is 0. The molecule has 0 bridgehead atoms. The Kier molecular flexibility index (Phi) is 6.08. The van der Waals surface area contributed by atoms with E-state index in [1.165, 1.54) is 4.90 Å². The van der Waals surface area contributed by atoms with Gasteiger partial charge in [-0.25, -0.2) is 0 Å². The molecule has 0 spiro atoms. The predicted octanol–water partition coefficient (Wildman–Crippen LogP) is 4.35. The molecule has 0 saturated carbocycles. The number of alkyl halides is 3. The van der Waals surface area contributed by atoms with Gasteiger partial charge in [0.2, 0.25) is 0 Å². The summed E-state index contributed by atoms with van der Waals surface area (Å²) < 4.78 is 37.8. The van der Waals surface area contributed by atoms with Crippen LogP contribution in [0.1, 0.15) is 39.7 Å². The maximum Gasteiger partial charge on any atom is 0.405 e. The van der Waals surface area contributed by atoms with Gasteiger partial charge >= 0.3 is 6.18 Å². The first kappa shape index (κ1) is 17.8. The fraction of sp³-hybridized carbons (Fsp3) is 0.625. The molecule has 1 aromatic rings. The molecule has 5 heteroatoms. The average molecular weight is 302 g/mol.